The molecule has 0 amide bonds. The summed E-state index contributed by atoms with van der Waals surface area (Å²) in [5.41, 5.74) is 9.83. The highest BCUT2D eigenvalue weighted by Gasteiger charge is 2.31. The summed E-state index contributed by atoms with van der Waals surface area (Å²) in [6.45, 7) is 0. The molecule has 6 heteroatoms. The van der Waals surface area contributed by atoms with E-state index in [0.29, 0.717) is 0 Å². The topological polar surface area (TPSA) is 41.0 Å². The van der Waals surface area contributed by atoms with Crippen LogP contribution >= 0.6 is 22.7 Å². The lowest BCUT2D eigenvalue weighted by Gasteiger charge is -2.40. The van der Waals surface area contributed by atoms with Crippen LogP contribution in [0.5, 0.6) is 0 Å². The highest BCUT2D eigenvalue weighted by molar-refractivity contribution is 7.26. The number of hydrogen-bond donors (Lipinski definition) is 3. The summed E-state index contributed by atoms with van der Waals surface area (Å²) in [6, 6.07) is 66.6. The molecular formula is C51H36N4S2. The fraction of sp³-hybridized carbons (Fsp3) is 0.0588. The Morgan fingerprint density at radius 2 is 0.930 bits per heavy atom. The van der Waals surface area contributed by atoms with Crippen molar-refractivity contribution in [3.8, 4) is 16.8 Å². The van der Waals surface area contributed by atoms with Crippen molar-refractivity contribution >= 4 is 84.8 Å². The molecule has 8 aromatic carbocycles. The molecule has 11 aromatic rings. The standard InChI is InChI=1S/C51H36N4S2/c1-3-13-31(14-4-1)49-52-50(32-15-5-2-6-16-32)54-51(53-49)38-20-12-24-46-48(38)39-29-33(25-27-43(39)56-46)35-19-11-23-45-47(35)40-30-34(26-28-44(40)57-45)55-41-21-9-7-17-36(41)37-18-8-10-22-42(37)55/h1-30,49-54H. The second kappa shape index (κ2) is 13.2. The van der Waals surface area contributed by atoms with E-state index in [1.165, 1.54) is 95.7 Å². The lowest BCUT2D eigenvalue weighted by atomic mass is 9.96. The number of fused-ring (bicyclic) bond motifs is 9. The first-order valence-corrected chi connectivity index (χ1v) is 21.2. The van der Waals surface area contributed by atoms with Gasteiger partial charge in [-0.2, -0.15) is 0 Å². The summed E-state index contributed by atoms with van der Waals surface area (Å²) >= 11 is 3.76. The zero-order chi connectivity index (χ0) is 37.5. The quantitative estimate of drug-likeness (QED) is 0.163. The van der Waals surface area contributed by atoms with Crippen LogP contribution in [0.1, 0.15) is 35.2 Å². The molecule has 12 rings (SSSR count). The molecule has 0 bridgehead atoms. The van der Waals surface area contributed by atoms with Gasteiger partial charge in [0.15, 0.2) is 0 Å². The van der Waals surface area contributed by atoms with Crippen LogP contribution in [0.4, 0.5) is 0 Å². The van der Waals surface area contributed by atoms with Gasteiger partial charge in [-0.05, 0) is 82.4 Å². The largest absolute Gasteiger partial charge is 0.309 e. The third-order valence-corrected chi connectivity index (χ3v) is 14.0. The Hall–Kier alpha value is -6.12. The maximum atomic E-state index is 3.94. The molecule has 3 aromatic heterocycles. The fourth-order valence-electron chi connectivity index (χ4n) is 9.16. The Balaban J connectivity index is 1.01. The van der Waals surface area contributed by atoms with Crippen molar-refractivity contribution in [3.63, 3.8) is 0 Å². The van der Waals surface area contributed by atoms with E-state index in [9.17, 15) is 0 Å². The molecule has 0 aliphatic carbocycles. The maximum absolute atomic E-state index is 3.94. The summed E-state index contributed by atoms with van der Waals surface area (Å²) in [7, 11) is 0. The zero-order valence-corrected chi connectivity index (χ0v) is 32.4. The highest BCUT2D eigenvalue weighted by atomic mass is 32.1. The summed E-state index contributed by atoms with van der Waals surface area (Å²) < 4.78 is 7.62. The minimum absolute atomic E-state index is 0.0322. The Morgan fingerprint density at radius 1 is 0.386 bits per heavy atom. The lowest BCUT2D eigenvalue weighted by molar-refractivity contribution is 0.204. The van der Waals surface area contributed by atoms with E-state index in [1.807, 2.05) is 22.7 Å². The van der Waals surface area contributed by atoms with Gasteiger partial charge in [0.1, 0.15) is 0 Å². The van der Waals surface area contributed by atoms with E-state index >= 15 is 0 Å². The van der Waals surface area contributed by atoms with Crippen molar-refractivity contribution in [3.05, 3.63) is 199 Å². The van der Waals surface area contributed by atoms with Crippen molar-refractivity contribution < 1.29 is 0 Å². The van der Waals surface area contributed by atoms with Gasteiger partial charge in [-0.3, -0.25) is 16.0 Å². The van der Waals surface area contributed by atoms with Crippen LogP contribution in [0, 0.1) is 0 Å². The van der Waals surface area contributed by atoms with Crippen molar-refractivity contribution in [1.29, 1.82) is 0 Å². The summed E-state index contributed by atoms with van der Waals surface area (Å²) in [5.74, 6) is 0. The molecule has 1 aliphatic rings. The van der Waals surface area contributed by atoms with E-state index < -0.39 is 0 Å². The second-order valence-corrected chi connectivity index (χ2v) is 17.2. The molecule has 272 valence electrons. The summed E-state index contributed by atoms with van der Waals surface area (Å²) in [4.78, 5) is 0. The molecule has 1 saturated heterocycles. The molecule has 4 nitrogen and oxygen atoms in total. The van der Waals surface area contributed by atoms with Crippen LogP contribution in [-0.2, 0) is 0 Å². The number of hydrogen-bond acceptors (Lipinski definition) is 5. The van der Waals surface area contributed by atoms with Crippen LogP contribution in [0.25, 0.3) is 79.0 Å². The van der Waals surface area contributed by atoms with Crippen LogP contribution < -0.4 is 16.0 Å². The van der Waals surface area contributed by atoms with Gasteiger partial charge in [-0.25, -0.2) is 0 Å². The number of nitrogens with one attached hydrogen (secondary N) is 3. The molecule has 57 heavy (non-hydrogen) atoms. The lowest BCUT2D eigenvalue weighted by Crippen LogP contribution is -2.54. The molecule has 0 saturated carbocycles. The molecule has 1 aliphatic heterocycles. The van der Waals surface area contributed by atoms with Crippen LogP contribution in [0.2, 0.25) is 0 Å². The van der Waals surface area contributed by atoms with Gasteiger partial charge < -0.3 is 4.57 Å². The van der Waals surface area contributed by atoms with Gasteiger partial charge in [0.25, 0.3) is 0 Å². The molecule has 2 unspecified atom stereocenters. The second-order valence-electron chi connectivity index (χ2n) is 15.0. The van der Waals surface area contributed by atoms with Gasteiger partial charge in [-0.1, -0.05) is 127 Å². The third kappa shape index (κ3) is 5.37. The monoisotopic (exact) mass is 768 g/mol. The fourth-order valence-corrected chi connectivity index (χ4v) is 11.4. The summed E-state index contributed by atoms with van der Waals surface area (Å²) in [5, 5.41) is 19.5. The highest BCUT2D eigenvalue weighted by Crippen LogP contribution is 2.45. The first kappa shape index (κ1) is 33.1. The van der Waals surface area contributed by atoms with Gasteiger partial charge in [0.05, 0.1) is 29.5 Å². The Morgan fingerprint density at radius 3 is 1.60 bits per heavy atom. The maximum Gasteiger partial charge on any atom is 0.0871 e. The normalized spacial score (nSPS) is 17.4. The number of para-hydroxylation sites is 2. The van der Waals surface area contributed by atoms with Crippen LogP contribution in [0.15, 0.2) is 182 Å². The Labute approximate surface area is 337 Å². The van der Waals surface area contributed by atoms with E-state index in [4.69, 9.17) is 0 Å². The molecule has 2 atom stereocenters. The Kier molecular flexibility index (Phi) is 7.68. The molecule has 0 radical (unpaired) electrons. The number of aromatic nitrogens is 1. The van der Waals surface area contributed by atoms with Gasteiger partial charge in [0, 0.05) is 56.8 Å². The number of nitrogens with zero attached hydrogens (tertiary/aromatic N) is 1. The first-order chi connectivity index (χ1) is 28.2. The molecule has 4 heterocycles. The summed E-state index contributed by atoms with van der Waals surface area (Å²) in [6.07, 6.45) is -0.152. The average molecular weight is 769 g/mol. The van der Waals surface area contributed by atoms with Gasteiger partial charge >= 0.3 is 0 Å². The van der Waals surface area contributed by atoms with Crippen molar-refractivity contribution in [2.45, 2.75) is 18.5 Å². The molecule has 3 N–H and O–H groups in total. The number of thiophene rings is 2. The minimum Gasteiger partial charge on any atom is -0.309 e. The Bertz CT molecular complexity index is 3210. The van der Waals surface area contributed by atoms with E-state index in [2.05, 4.69) is 203 Å². The number of rotatable bonds is 5. The third-order valence-electron chi connectivity index (χ3n) is 11.7. The SMILES string of the molecule is c1ccc(C2NC(c3ccccc3)NC(c3cccc4sc5ccc(-c6cccc7sc8ccc(-n9c%10ccccc%10c%10ccccc%109)cc8c67)cc5c34)N2)cc1. The average Bonchev–Trinajstić information content (AvgIpc) is 3.96. The van der Waals surface area contributed by atoms with Crippen molar-refractivity contribution in [2.75, 3.05) is 0 Å². The van der Waals surface area contributed by atoms with E-state index in [-0.39, 0.29) is 18.5 Å². The molecule has 0 spiro atoms. The van der Waals surface area contributed by atoms with Crippen molar-refractivity contribution in [1.82, 2.24) is 20.5 Å². The van der Waals surface area contributed by atoms with Gasteiger partial charge in [0.2, 0.25) is 0 Å². The minimum atomic E-state index is -0.0877. The first-order valence-electron chi connectivity index (χ1n) is 19.5. The smallest absolute Gasteiger partial charge is 0.0871 e. The van der Waals surface area contributed by atoms with E-state index in [1.54, 1.807) is 0 Å². The molecule has 1 fully saturated rings. The van der Waals surface area contributed by atoms with Crippen LogP contribution in [0.3, 0.4) is 0 Å². The predicted molar refractivity (Wildman–Crippen MR) is 243 cm³/mol. The van der Waals surface area contributed by atoms with Crippen LogP contribution in [-0.4, -0.2) is 4.57 Å². The zero-order valence-electron chi connectivity index (χ0n) is 30.8. The predicted octanol–water partition coefficient (Wildman–Crippen LogP) is 13.4. The van der Waals surface area contributed by atoms with E-state index in [0.717, 1.165) is 0 Å². The van der Waals surface area contributed by atoms with Gasteiger partial charge in [-0.15, -0.1) is 22.7 Å². The number of benzene rings is 8. The van der Waals surface area contributed by atoms with Crippen molar-refractivity contribution in [2.24, 2.45) is 0 Å². The molecular weight excluding hydrogens is 733 g/mol.